The topological polar surface area (TPSA) is 52.7 Å². The second kappa shape index (κ2) is 8.46. The molecule has 0 aromatic heterocycles. The highest BCUT2D eigenvalue weighted by Gasteiger charge is 2.32. The van der Waals surface area contributed by atoms with Crippen molar-refractivity contribution < 1.29 is 8.42 Å². The van der Waals surface area contributed by atoms with Crippen LogP contribution in [0.3, 0.4) is 0 Å². The molecule has 0 amide bonds. The Morgan fingerprint density at radius 1 is 0.905 bits per heavy atom. The third-order valence-corrected chi connectivity index (χ3v) is 6.76. The van der Waals surface area contributed by atoms with Crippen molar-refractivity contribution in [2.75, 3.05) is 39.3 Å². The van der Waals surface area contributed by atoms with Crippen molar-refractivity contribution in [1.82, 2.24) is 13.9 Å². The second-order valence-electron chi connectivity index (χ2n) is 6.32. The van der Waals surface area contributed by atoms with E-state index < -0.39 is 10.2 Å². The molecule has 0 radical (unpaired) electrons. The van der Waals surface area contributed by atoms with E-state index in [9.17, 15) is 8.42 Å². The predicted molar refractivity (Wildman–Crippen MR) is 86.4 cm³/mol. The summed E-state index contributed by atoms with van der Waals surface area (Å²) in [7, 11) is -3.22. The first-order valence-electron chi connectivity index (χ1n) is 8.60. The van der Waals surface area contributed by atoms with E-state index in [1.165, 1.54) is 6.42 Å². The Bertz CT molecular complexity index is 384. The molecule has 0 aliphatic carbocycles. The van der Waals surface area contributed by atoms with E-state index in [-0.39, 0.29) is 0 Å². The van der Waals surface area contributed by atoms with Crippen molar-refractivity contribution in [3.05, 3.63) is 0 Å². The molecule has 2 fully saturated rings. The summed E-state index contributed by atoms with van der Waals surface area (Å²) in [6, 6.07) is 0. The molecule has 2 aliphatic heterocycles. The Hall–Kier alpha value is -0.170. The van der Waals surface area contributed by atoms with Crippen LogP contribution in [0.5, 0.6) is 0 Å². The summed E-state index contributed by atoms with van der Waals surface area (Å²) >= 11 is 0. The molecule has 6 heteroatoms. The van der Waals surface area contributed by atoms with Gasteiger partial charge in [0.25, 0.3) is 10.2 Å². The Labute approximate surface area is 130 Å². The maximum atomic E-state index is 12.8. The van der Waals surface area contributed by atoms with Gasteiger partial charge in [-0.05, 0) is 44.7 Å². The summed E-state index contributed by atoms with van der Waals surface area (Å²) in [5.74, 6) is 0.628. The number of nitrogens with zero attached hydrogens (tertiary/aromatic N) is 2. The summed E-state index contributed by atoms with van der Waals surface area (Å²) in [5.41, 5.74) is 0. The second-order valence-corrected chi connectivity index (χ2v) is 8.25. The van der Waals surface area contributed by atoms with Crippen LogP contribution in [0.2, 0.25) is 0 Å². The maximum Gasteiger partial charge on any atom is 0.281 e. The van der Waals surface area contributed by atoms with Gasteiger partial charge in [0.15, 0.2) is 0 Å². The van der Waals surface area contributed by atoms with Crippen LogP contribution in [-0.2, 0) is 10.2 Å². The van der Waals surface area contributed by atoms with Gasteiger partial charge in [-0.3, -0.25) is 0 Å². The first-order chi connectivity index (χ1) is 10.1. The van der Waals surface area contributed by atoms with Gasteiger partial charge in [-0.1, -0.05) is 26.2 Å². The van der Waals surface area contributed by atoms with Crippen LogP contribution in [0.15, 0.2) is 0 Å². The monoisotopic (exact) mass is 317 g/mol. The molecule has 5 nitrogen and oxygen atoms in total. The minimum Gasteiger partial charge on any atom is -0.317 e. The van der Waals surface area contributed by atoms with E-state index >= 15 is 0 Å². The quantitative estimate of drug-likeness (QED) is 0.841. The molecule has 2 heterocycles. The highest BCUT2D eigenvalue weighted by atomic mass is 32.2. The van der Waals surface area contributed by atoms with Gasteiger partial charge in [0, 0.05) is 26.2 Å². The van der Waals surface area contributed by atoms with Crippen LogP contribution in [0.1, 0.15) is 51.9 Å². The zero-order valence-corrected chi connectivity index (χ0v) is 14.2. The van der Waals surface area contributed by atoms with Gasteiger partial charge in [-0.25, -0.2) is 0 Å². The van der Waals surface area contributed by atoms with Crippen LogP contribution in [0.25, 0.3) is 0 Å². The third kappa shape index (κ3) is 4.91. The summed E-state index contributed by atoms with van der Waals surface area (Å²) in [6.45, 7) is 6.92. The first kappa shape index (κ1) is 17.2. The van der Waals surface area contributed by atoms with Crippen molar-refractivity contribution in [2.24, 2.45) is 5.92 Å². The molecule has 0 aromatic rings. The van der Waals surface area contributed by atoms with Crippen molar-refractivity contribution in [1.29, 1.82) is 0 Å². The minimum atomic E-state index is -3.22. The van der Waals surface area contributed by atoms with E-state index in [0.717, 1.165) is 51.6 Å². The minimum absolute atomic E-state index is 0.628. The van der Waals surface area contributed by atoms with Crippen molar-refractivity contribution in [3.63, 3.8) is 0 Å². The summed E-state index contributed by atoms with van der Waals surface area (Å²) in [6.07, 6.45) is 7.57. The van der Waals surface area contributed by atoms with Crippen LogP contribution < -0.4 is 5.32 Å². The lowest BCUT2D eigenvalue weighted by molar-refractivity contribution is 0.245. The lowest BCUT2D eigenvalue weighted by atomic mass is 9.98. The number of hydrogen-bond acceptors (Lipinski definition) is 3. The van der Waals surface area contributed by atoms with Gasteiger partial charge in [0.05, 0.1) is 0 Å². The highest BCUT2D eigenvalue weighted by molar-refractivity contribution is 7.86. The zero-order chi connectivity index (χ0) is 15.1. The molecule has 0 spiro atoms. The summed E-state index contributed by atoms with van der Waals surface area (Å²) in [4.78, 5) is 0. The third-order valence-electron chi connectivity index (χ3n) is 4.72. The van der Waals surface area contributed by atoms with Crippen molar-refractivity contribution in [2.45, 2.75) is 51.9 Å². The molecule has 0 unspecified atom stereocenters. The highest BCUT2D eigenvalue weighted by Crippen LogP contribution is 2.22. The molecule has 2 aliphatic rings. The van der Waals surface area contributed by atoms with Crippen molar-refractivity contribution >= 4 is 10.2 Å². The largest absolute Gasteiger partial charge is 0.317 e. The summed E-state index contributed by atoms with van der Waals surface area (Å²) < 4.78 is 29.0. The lowest BCUT2D eigenvalue weighted by Gasteiger charge is -2.35. The van der Waals surface area contributed by atoms with Crippen LogP contribution in [0.4, 0.5) is 0 Å². The number of rotatable bonds is 5. The van der Waals surface area contributed by atoms with Gasteiger partial charge in [0.2, 0.25) is 0 Å². The normalized spacial score (nSPS) is 24.6. The first-order valence-corrected chi connectivity index (χ1v) is 10.00. The fourth-order valence-corrected chi connectivity index (χ4v) is 5.02. The molecule has 124 valence electrons. The Morgan fingerprint density at radius 2 is 1.43 bits per heavy atom. The van der Waals surface area contributed by atoms with Crippen LogP contribution in [-0.4, -0.2) is 56.3 Å². The van der Waals surface area contributed by atoms with Gasteiger partial charge in [-0.2, -0.15) is 17.0 Å². The van der Waals surface area contributed by atoms with Crippen molar-refractivity contribution in [3.8, 4) is 0 Å². The van der Waals surface area contributed by atoms with Gasteiger partial charge < -0.3 is 5.32 Å². The molecular formula is C15H31N3O2S. The zero-order valence-electron chi connectivity index (χ0n) is 13.4. The average Bonchev–Trinajstić information content (AvgIpc) is 2.45. The van der Waals surface area contributed by atoms with Gasteiger partial charge in [-0.15, -0.1) is 0 Å². The molecule has 1 N–H and O–H groups in total. The molecule has 2 rings (SSSR count). The molecule has 0 atom stereocenters. The average molecular weight is 317 g/mol. The van der Waals surface area contributed by atoms with E-state index in [2.05, 4.69) is 12.2 Å². The molecule has 2 saturated heterocycles. The molecule has 0 aromatic carbocycles. The van der Waals surface area contributed by atoms with Crippen LogP contribution in [0, 0.1) is 5.92 Å². The van der Waals surface area contributed by atoms with E-state index in [1.54, 1.807) is 8.61 Å². The Balaban J connectivity index is 1.87. The standard InChI is InChI=1S/C15H31N3O2S/c1-2-16-14-15-8-12-18(13-9-15)21(19,20)17-10-6-4-3-5-7-11-17/h15-16H,2-14H2,1H3. The van der Waals surface area contributed by atoms with Gasteiger partial charge >= 0.3 is 0 Å². The number of piperidine rings is 1. The Kier molecular flexibility index (Phi) is 6.92. The molecule has 0 bridgehead atoms. The Morgan fingerprint density at radius 3 is 2.00 bits per heavy atom. The smallest absolute Gasteiger partial charge is 0.281 e. The molecular weight excluding hydrogens is 286 g/mol. The fraction of sp³-hybridized carbons (Fsp3) is 1.00. The van der Waals surface area contributed by atoms with Gasteiger partial charge in [0.1, 0.15) is 0 Å². The van der Waals surface area contributed by atoms with Crippen LogP contribution >= 0.6 is 0 Å². The molecule has 21 heavy (non-hydrogen) atoms. The number of hydrogen-bond donors (Lipinski definition) is 1. The predicted octanol–water partition coefficient (Wildman–Crippen LogP) is 1.82. The number of nitrogens with one attached hydrogen (secondary N) is 1. The maximum absolute atomic E-state index is 12.8. The lowest BCUT2D eigenvalue weighted by Crippen LogP contribution is -2.48. The SMILES string of the molecule is CCNCC1CCN(S(=O)(=O)N2CCCCCCC2)CC1. The van der Waals surface area contributed by atoms with E-state index in [1.807, 2.05) is 0 Å². The summed E-state index contributed by atoms with van der Waals surface area (Å²) in [5, 5.41) is 3.37. The van der Waals surface area contributed by atoms with E-state index in [0.29, 0.717) is 32.1 Å². The van der Waals surface area contributed by atoms with E-state index in [4.69, 9.17) is 0 Å². The molecule has 0 saturated carbocycles. The fourth-order valence-electron chi connectivity index (χ4n) is 3.31.